The van der Waals surface area contributed by atoms with Crippen LogP contribution in [0.5, 0.6) is 5.75 Å². The lowest BCUT2D eigenvalue weighted by atomic mass is 10.1. The third-order valence-electron chi connectivity index (χ3n) is 4.25. The molecule has 0 aliphatic rings. The van der Waals surface area contributed by atoms with Crippen LogP contribution in [0.1, 0.15) is 23.1 Å². The number of carbonyl (C=O) groups is 2. The van der Waals surface area contributed by atoms with Crippen molar-refractivity contribution in [3.63, 3.8) is 0 Å². The van der Waals surface area contributed by atoms with Crippen LogP contribution in [-0.4, -0.2) is 45.9 Å². The minimum Gasteiger partial charge on any atom is -0.497 e. The highest BCUT2D eigenvalue weighted by Gasteiger charge is 2.17. The second kappa shape index (κ2) is 10.3. The summed E-state index contributed by atoms with van der Waals surface area (Å²) in [6, 6.07) is 14.3. The predicted molar refractivity (Wildman–Crippen MR) is 117 cm³/mol. The Labute approximate surface area is 183 Å². The molecule has 0 saturated heterocycles. The molecule has 0 fully saturated rings. The number of thioether (sulfide) groups is 1. The highest BCUT2D eigenvalue weighted by Crippen LogP contribution is 2.25. The van der Waals surface area contributed by atoms with Crippen LogP contribution in [0.25, 0.3) is 5.69 Å². The quantitative estimate of drug-likeness (QED) is 0.401. The summed E-state index contributed by atoms with van der Waals surface area (Å²) in [6.45, 7) is 1.91. The zero-order valence-electron chi connectivity index (χ0n) is 16.6. The number of rotatable bonds is 9. The molecule has 0 atom stereocenters. The first-order valence-corrected chi connectivity index (χ1v) is 10.6. The van der Waals surface area contributed by atoms with Crippen molar-refractivity contribution in [3.8, 4) is 11.4 Å². The molecule has 0 radical (unpaired) electrons. The SMILES string of the molecule is COc1ccc(-n2c(CCNC(C)=O)nnc2SCC(=O)c2ccc(Cl)cc2)cc1. The Morgan fingerprint density at radius 2 is 1.80 bits per heavy atom. The smallest absolute Gasteiger partial charge is 0.216 e. The zero-order chi connectivity index (χ0) is 21.5. The monoisotopic (exact) mass is 444 g/mol. The lowest BCUT2D eigenvalue weighted by Crippen LogP contribution is -2.23. The number of Topliss-reactive ketones (excluding diaryl/α,β-unsaturated/α-hetero) is 1. The molecule has 1 amide bonds. The third kappa shape index (κ3) is 5.61. The van der Waals surface area contributed by atoms with Crippen LogP contribution >= 0.6 is 23.4 Å². The molecule has 3 aromatic rings. The predicted octanol–water partition coefficient (Wildman–Crippen LogP) is 3.58. The summed E-state index contributed by atoms with van der Waals surface area (Å²) in [5.74, 6) is 1.50. The van der Waals surface area contributed by atoms with Gasteiger partial charge in [0.2, 0.25) is 5.91 Å². The Bertz CT molecular complexity index is 1020. The highest BCUT2D eigenvalue weighted by molar-refractivity contribution is 7.99. The number of amides is 1. The summed E-state index contributed by atoms with van der Waals surface area (Å²) >= 11 is 7.20. The maximum atomic E-state index is 12.5. The number of halogens is 1. The van der Waals surface area contributed by atoms with Gasteiger partial charge in [0.15, 0.2) is 10.9 Å². The van der Waals surface area contributed by atoms with Crippen LogP contribution in [0.2, 0.25) is 5.02 Å². The number of aromatic nitrogens is 3. The van der Waals surface area contributed by atoms with Gasteiger partial charge in [-0.15, -0.1) is 10.2 Å². The van der Waals surface area contributed by atoms with Crippen molar-refractivity contribution >= 4 is 35.1 Å². The van der Waals surface area contributed by atoms with Gasteiger partial charge in [-0.2, -0.15) is 0 Å². The largest absolute Gasteiger partial charge is 0.497 e. The fourth-order valence-corrected chi connectivity index (χ4v) is 3.74. The van der Waals surface area contributed by atoms with E-state index in [2.05, 4.69) is 15.5 Å². The standard InChI is InChI=1S/C21H21ClN4O3S/c1-14(27)23-12-11-20-24-25-21(26(20)17-7-9-18(29-2)10-8-17)30-13-19(28)15-3-5-16(22)6-4-15/h3-10H,11-13H2,1-2H3,(H,23,27). The fourth-order valence-electron chi connectivity index (χ4n) is 2.75. The molecule has 0 aliphatic carbocycles. The van der Waals surface area contributed by atoms with E-state index in [-0.39, 0.29) is 17.4 Å². The molecular weight excluding hydrogens is 424 g/mol. The molecule has 0 saturated carbocycles. The molecule has 2 aromatic carbocycles. The Hall–Kier alpha value is -2.84. The first-order chi connectivity index (χ1) is 14.5. The first kappa shape index (κ1) is 21.9. The van der Waals surface area contributed by atoms with Gasteiger partial charge in [-0.3, -0.25) is 14.2 Å². The van der Waals surface area contributed by atoms with Crippen molar-refractivity contribution in [2.75, 3.05) is 19.4 Å². The summed E-state index contributed by atoms with van der Waals surface area (Å²) < 4.78 is 7.12. The van der Waals surface area contributed by atoms with Gasteiger partial charge in [0.25, 0.3) is 0 Å². The molecule has 1 aromatic heterocycles. The molecule has 3 rings (SSSR count). The Balaban J connectivity index is 1.81. The molecule has 156 valence electrons. The molecule has 0 spiro atoms. The van der Waals surface area contributed by atoms with Crippen molar-refractivity contribution in [3.05, 3.63) is 64.9 Å². The average molecular weight is 445 g/mol. The minimum atomic E-state index is -0.103. The number of nitrogens with one attached hydrogen (secondary N) is 1. The average Bonchev–Trinajstić information content (AvgIpc) is 3.15. The fraction of sp³-hybridized carbons (Fsp3) is 0.238. The maximum Gasteiger partial charge on any atom is 0.216 e. The number of ether oxygens (including phenoxy) is 1. The van der Waals surface area contributed by atoms with E-state index in [1.165, 1.54) is 18.7 Å². The van der Waals surface area contributed by atoms with Crippen LogP contribution in [0.3, 0.4) is 0 Å². The van der Waals surface area contributed by atoms with Gasteiger partial charge in [-0.05, 0) is 48.5 Å². The van der Waals surface area contributed by atoms with Crippen molar-refractivity contribution in [1.82, 2.24) is 20.1 Å². The number of methoxy groups -OCH3 is 1. The van der Waals surface area contributed by atoms with E-state index in [0.29, 0.717) is 34.5 Å². The Morgan fingerprint density at radius 3 is 2.43 bits per heavy atom. The number of hydrogen-bond donors (Lipinski definition) is 1. The van der Waals surface area contributed by atoms with E-state index in [0.717, 1.165) is 11.4 Å². The van der Waals surface area contributed by atoms with E-state index in [1.54, 1.807) is 31.4 Å². The summed E-state index contributed by atoms with van der Waals surface area (Å²) in [5, 5.41) is 12.5. The van der Waals surface area contributed by atoms with Crippen LogP contribution in [-0.2, 0) is 11.2 Å². The van der Waals surface area contributed by atoms with Gasteiger partial charge in [0, 0.05) is 36.2 Å². The number of nitrogens with zero attached hydrogens (tertiary/aromatic N) is 3. The lowest BCUT2D eigenvalue weighted by molar-refractivity contribution is -0.118. The zero-order valence-corrected chi connectivity index (χ0v) is 18.2. The first-order valence-electron chi connectivity index (χ1n) is 9.22. The van der Waals surface area contributed by atoms with Crippen LogP contribution in [0.15, 0.2) is 53.7 Å². The minimum absolute atomic E-state index is 0.0271. The van der Waals surface area contributed by atoms with Crippen molar-refractivity contribution in [2.24, 2.45) is 0 Å². The van der Waals surface area contributed by atoms with E-state index in [9.17, 15) is 9.59 Å². The molecule has 7 nitrogen and oxygen atoms in total. The molecular formula is C21H21ClN4O3S. The number of benzene rings is 2. The number of ketones is 1. The summed E-state index contributed by atoms with van der Waals surface area (Å²) in [7, 11) is 1.61. The van der Waals surface area contributed by atoms with E-state index < -0.39 is 0 Å². The van der Waals surface area contributed by atoms with Crippen LogP contribution in [0, 0.1) is 0 Å². The molecule has 9 heteroatoms. The molecule has 30 heavy (non-hydrogen) atoms. The Morgan fingerprint density at radius 1 is 1.10 bits per heavy atom. The number of hydrogen-bond acceptors (Lipinski definition) is 6. The van der Waals surface area contributed by atoms with Gasteiger partial charge in [0.05, 0.1) is 12.9 Å². The van der Waals surface area contributed by atoms with Crippen LogP contribution in [0.4, 0.5) is 0 Å². The van der Waals surface area contributed by atoms with Gasteiger partial charge in [0.1, 0.15) is 11.6 Å². The molecule has 0 bridgehead atoms. The molecule has 1 N–H and O–H groups in total. The van der Waals surface area contributed by atoms with Gasteiger partial charge >= 0.3 is 0 Å². The van der Waals surface area contributed by atoms with Crippen molar-refractivity contribution in [2.45, 2.75) is 18.5 Å². The number of carbonyl (C=O) groups excluding carboxylic acids is 2. The van der Waals surface area contributed by atoms with Crippen molar-refractivity contribution in [1.29, 1.82) is 0 Å². The Kier molecular flexibility index (Phi) is 7.48. The van der Waals surface area contributed by atoms with Crippen molar-refractivity contribution < 1.29 is 14.3 Å². The second-order valence-electron chi connectivity index (χ2n) is 6.38. The highest BCUT2D eigenvalue weighted by atomic mass is 35.5. The molecule has 1 heterocycles. The lowest BCUT2D eigenvalue weighted by Gasteiger charge is -2.11. The maximum absolute atomic E-state index is 12.5. The summed E-state index contributed by atoms with van der Waals surface area (Å²) in [4.78, 5) is 23.7. The van der Waals surface area contributed by atoms with Crippen LogP contribution < -0.4 is 10.1 Å². The summed E-state index contributed by atoms with van der Waals surface area (Å²) in [5.41, 5.74) is 1.44. The second-order valence-corrected chi connectivity index (χ2v) is 7.76. The normalized spacial score (nSPS) is 10.6. The van der Waals surface area contributed by atoms with E-state index in [1.807, 2.05) is 28.8 Å². The summed E-state index contributed by atoms with van der Waals surface area (Å²) in [6.07, 6.45) is 0.504. The van der Waals surface area contributed by atoms with E-state index in [4.69, 9.17) is 16.3 Å². The van der Waals surface area contributed by atoms with Gasteiger partial charge in [-0.1, -0.05) is 23.4 Å². The van der Waals surface area contributed by atoms with E-state index >= 15 is 0 Å². The molecule has 0 aliphatic heterocycles. The molecule has 0 unspecified atom stereocenters. The van der Waals surface area contributed by atoms with Gasteiger partial charge < -0.3 is 10.1 Å². The third-order valence-corrected chi connectivity index (χ3v) is 5.43. The topological polar surface area (TPSA) is 86.1 Å². The van der Waals surface area contributed by atoms with Gasteiger partial charge in [-0.25, -0.2) is 0 Å².